The number of aromatic amines is 1. The second kappa shape index (κ2) is 5.16. The minimum atomic E-state index is -0.393. The number of fused-ring (bicyclic) bond motifs is 1. The number of carbonyl (C=O) groups excluding carboxylic acids is 1. The summed E-state index contributed by atoms with van der Waals surface area (Å²) >= 11 is 0. The molecule has 0 atom stereocenters. The number of phenolic OH excluding ortho intramolecular Hbond substituents is 1. The van der Waals surface area contributed by atoms with Crippen LogP contribution in [0.15, 0.2) is 42.5 Å². The van der Waals surface area contributed by atoms with Gasteiger partial charge in [-0.2, -0.15) is 5.10 Å². The fraction of sp³-hybridized carbons (Fsp3) is 0.0667. The Labute approximate surface area is 120 Å². The molecule has 0 saturated heterocycles. The first-order chi connectivity index (χ1) is 10.1. The monoisotopic (exact) mass is 282 g/mol. The van der Waals surface area contributed by atoms with Gasteiger partial charge in [-0.05, 0) is 37.3 Å². The van der Waals surface area contributed by atoms with Crippen LogP contribution < -0.4 is 10.6 Å². The molecular formula is C15H14N4O2. The zero-order chi connectivity index (χ0) is 14.8. The van der Waals surface area contributed by atoms with E-state index in [-0.39, 0.29) is 5.75 Å². The van der Waals surface area contributed by atoms with Crippen molar-refractivity contribution in [1.82, 2.24) is 10.2 Å². The van der Waals surface area contributed by atoms with Crippen molar-refractivity contribution in [2.75, 3.05) is 10.6 Å². The predicted molar refractivity (Wildman–Crippen MR) is 81.6 cm³/mol. The van der Waals surface area contributed by atoms with Gasteiger partial charge in [0.25, 0.3) is 0 Å². The van der Waals surface area contributed by atoms with E-state index in [1.807, 2.05) is 31.2 Å². The van der Waals surface area contributed by atoms with E-state index >= 15 is 0 Å². The van der Waals surface area contributed by atoms with Crippen LogP contribution in [0.4, 0.5) is 16.3 Å². The highest BCUT2D eigenvalue weighted by Crippen LogP contribution is 2.24. The van der Waals surface area contributed by atoms with Crippen LogP contribution in [0, 0.1) is 6.92 Å². The van der Waals surface area contributed by atoms with Gasteiger partial charge < -0.3 is 10.4 Å². The highest BCUT2D eigenvalue weighted by molar-refractivity contribution is 6.04. The number of aromatic nitrogens is 2. The quantitative estimate of drug-likeness (QED) is 0.581. The lowest BCUT2D eigenvalue weighted by Crippen LogP contribution is -2.19. The van der Waals surface area contributed by atoms with E-state index in [1.54, 1.807) is 18.2 Å². The van der Waals surface area contributed by atoms with E-state index in [4.69, 9.17) is 0 Å². The Balaban J connectivity index is 1.77. The number of phenols is 1. The minimum absolute atomic E-state index is 0.117. The second-order valence-electron chi connectivity index (χ2n) is 4.75. The number of aromatic hydroxyl groups is 1. The summed E-state index contributed by atoms with van der Waals surface area (Å²) in [4.78, 5) is 12.0. The number of nitrogens with zero attached hydrogens (tertiary/aromatic N) is 1. The number of amides is 2. The summed E-state index contributed by atoms with van der Waals surface area (Å²) in [5.74, 6) is 0.483. The molecule has 0 aliphatic rings. The zero-order valence-electron chi connectivity index (χ0n) is 11.3. The largest absolute Gasteiger partial charge is 0.508 e. The van der Waals surface area contributed by atoms with Gasteiger partial charge in [0.1, 0.15) is 5.75 Å². The molecule has 0 aliphatic carbocycles. The molecule has 3 rings (SSSR count). The lowest BCUT2D eigenvalue weighted by atomic mass is 10.2. The number of urea groups is 1. The topological polar surface area (TPSA) is 90.0 Å². The molecule has 2 aromatic carbocycles. The van der Waals surface area contributed by atoms with Gasteiger partial charge in [0.05, 0.1) is 5.52 Å². The Kier molecular flexibility index (Phi) is 3.19. The number of carbonyl (C=O) groups is 1. The summed E-state index contributed by atoms with van der Waals surface area (Å²) in [5, 5.41) is 22.3. The Morgan fingerprint density at radius 3 is 2.67 bits per heavy atom. The van der Waals surface area contributed by atoms with Crippen LogP contribution in [-0.2, 0) is 0 Å². The average Bonchev–Trinajstić information content (AvgIpc) is 2.84. The summed E-state index contributed by atoms with van der Waals surface area (Å²) in [6.45, 7) is 1.98. The average molecular weight is 282 g/mol. The van der Waals surface area contributed by atoms with E-state index in [0.29, 0.717) is 16.9 Å². The van der Waals surface area contributed by atoms with Crippen molar-refractivity contribution < 1.29 is 9.90 Å². The minimum Gasteiger partial charge on any atom is -0.508 e. The molecule has 3 aromatic rings. The molecule has 0 radical (unpaired) electrons. The molecule has 4 N–H and O–H groups in total. The zero-order valence-corrected chi connectivity index (χ0v) is 11.3. The van der Waals surface area contributed by atoms with Crippen molar-refractivity contribution in [2.45, 2.75) is 6.92 Å². The number of rotatable bonds is 2. The van der Waals surface area contributed by atoms with Crippen LogP contribution >= 0.6 is 0 Å². The highest BCUT2D eigenvalue weighted by atomic mass is 16.3. The maximum Gasteiger partial charge on any atom is 0.324 e. The lowest BCUT2D eigenvalue weighted by molar-refractivity contribution is 0.262. The molecule has 0 spiro atoms. The van der Waals surface area contributed by atoms with Gasteiger partial charge in [-0.15, -0.1) is 0 Å². The lowest BCUT2D eigenvalue weighted by Gasteiger charge is -2.06. The molecule has 6 nitrogen and oxygen atoms in total. The molecule has 0 bridgehead atoms. The predicted octanol–water partition coefficient (Wildman–Crippen LogP) is 3.22. The van der Waals surface area contributed by atoms with Crippen LogP contribution in [-0.4, -0.2) is 21.3 Å². The van der Waals surface area contributed by atoms with E-state index in [2.05, 4.69) is 20.8 Å². The number of anilines is 2. The number of hydrogen-bond acceptors (Lipinski definition) is 3. The fourth-order valence-corrected chi connectivity index (χ4v) is 2.00. The van der Waals surface area contributed by atoms with Crippen molar-refractivity contribution in [1.29, 1.82) is 0 Å². The number of aryl methyl sites for hydroxylation is 1. The van der Waals surface area contributed by atoms with Crippen LogP contribution in [0.1, 0.15) is 5.56 Å². The molecule has 1 heterocycles. The van der Waals surface area contributed by atoms with Crippen LogP contribution in [0.5, 0.6) is 5.75 Å². The Hall–Kier alpha value is -3.02. The number of H-pyrrole nitrogens is 1. The summed E-state index contributed by atoms with van der Waals surface area (Å²) in [6, 6.07) is 11.9. The molecule has 21 heavy (non-hydrogen) atoms. The van der Waals surface area contributed by atoms with E-state index in [0.717, 1.165) is 11.1 Å². The third-order valence-corrected chi connectivity index (χ3v) is 3.09. The molecule has 0 unspecified atom stereocenters. The smallest absolute Gasteiger partial charge is 0.324 e. The fourth-order valence-electron chi connectivity index (χ4n) is 2.00. The first-order valence-corrected chi connectivity index (χ1v) is 6.43. The molecule has 0 aliphatic heterocycles. The highest BCUT2D eigenvalue weighted by Gasteiger charge is 2.10. The first-order valence-electron chi connectivity index (χ1n) is 6.43. The van der Waals surface area contributed by atoms with E-state index in [9.17, 15) is 9.90 Å². The van der Waals surface area contributed by atoms with Crippen molar-refractivity contribution in [3.63, 3.8) is 0 Å². The van der Waals surface area contributed by atoms with Gasteiger partial charge in [0.15, 0.2) is 5.82 Å². The SMILES string of the molecule is Cc1ccc(NC(=O)Nc2n[nH]c3ccc(O)cc23)cc1. The van der Waals surface area contributed by atoms with Crippen molar-refractivity contribution in [2.24, 2.45) is 0 Å². The molecule has 2 amide bonds. The molecule has 0 fully saturated rings. The second-order valence-corrected chi connectivity index (χ2v) is 4.75. The van der Waals surface area contributed by atoms with Gasteiger partial charge in [0, 0.05) is 11.1 Å². The molecule has 6 heteroatoms. The van der Waals surface area contributed by atoms with Gasteiger partial charge in [-0.3, -0.25) is 10.4 Å². The molecule has 106 valence electrons. The molecular weight excluding hydrogens is 268 g/mol. The van der Waals surface area contributed by atoms with E-state index < -0.39 is 6.03 Å². The molecule has 1 aromatic heterocycles. The van der Waals surface area contributed by atoms with Crippen LogP contribution in [0.2, 0.25) is 0 Å². The normalized spacial score (nSPS) is 10.5. The number of hydrogen-bond donors (Lipinski definition) is 4. The van der Waals surface area contributed by atoms with Crippen molar-refractivity contribution in [3.05, 3.63) is 48.0 Å². The van der Waals surface area contributed by atoms with Crippen LogP contribution in [0.3, 0.4) is 0 Å². The summed E-state index contributed by atoms with van der Waals surface area (Å²) in [7, 11) is 0. The van der Waals surface area contributed by atoms with Gasteiger partial charge in [0.2, 0.25) is 0 Å². The maximum absolute atomic E-state index is 12.0. The standard InChI is InChI=1S/C15H14N4O2/c1-9-2-4-10(5-3-9)16-15(21)17-14-12-8-11(20)6-7-13(12)18-19-14/h2-8,20H,1H3,(H3,16,17,18,19,21). The number of nitrogens with one attached hydrogen (secondary N) is 3. The van der Waals surface area contributed by atoms with Crippen molar-refractivity contribution in [3.8, 4) is 5.75 Å². The molecule has 0 saturated carbocycles. The Morgan fingerprint density at radius 2 is 1.90 bits per heavy atom. The first kappa shape index (κ1) is 13.0. The summed E-state index contributed by atoms with van der Waals surface area (Å²) in [5.41, 5.74) is 2.55. The maximum atomic E-state index is 12.0. The van der Waals surface area contributed by atoms with Gasteiger partial charge in [-0.1, -0.05) is 17.7 Å². The summed E-state index contributed by atoms with van der Waals surface area (Å²) < 4.78 is 0. The van der Waals surface area contributed by atoms with Gasteiger partial charge in [-0.25, -0.2) is 4.79 Å². The third-order valence-electron chi connectivity index (χ3n) is 3.09. The third kappa shape index (κ3) is 2.79. The Morgan fingerprint density at radius 1 is 1.14 bits per heavy atom. The van der Waals surface area contributed by atoms with Crippen molar-refractivity contribution >= 4 is 28.4 Å². The van der Waals surface area contributed by atoms with E-state index in [1.165, 1.54) is 0 Å². The van der Waals surface area contributed by atoms with Gasteiger partial charge >= 0.3 is 6.03 Å². The Bertz CT molecular complexity index is 793. The number of benzene rings is 2. The summed E-state index contributed by atoms with van der Waals surface area (Å²) in [6.07, 6.45) is 0. The van der Waals surface area contributed by atoms with Crippen LogP contribution in [0.25, 0.3) is 10.9 Å².